The third-order valence-electron chi connectivity index (χ3n) is 2.29. The van der Waals surface area contributed by atoms with Gasteiger partial charge in [0.2, 0.25) is 5.92 Å². The molecule has 0 heterocycles. The van der Waals surface area contributed by atoms with Crippen molar-refractivity contribution in [2.24, 2.45) is 0 Å². The number of unbranched alkanes of at least 4 members (excludes halogenated alkanes) is 4. The molecule has 0 fully saturated rings. The van der Waals surface area contributed by atoms with E-state index in [0.29, 0.717) is 12.8 Å². The molecule has 80 valence electrons. The van der Waals surface area contributed by atoms with Crippen molar-refractivity contribution >= 4 is 0 Å². The van der Waals surface area contributed by atoms with Crippen molar-refractivity contribution in [2.75, 3.05) is 0 Å². The van der Waals surface area contributed by atoms with Gasteiger partial charge in [-0.25, -0.2) is 8.78 Å². The summed E-state index contributed by atoms with van der Waals surface area (Å²) in [6, 6.07) is 0. The van der Waals surface area contributed by atoms with Gasteiger partial charge in [0.1, 0.15) is 0 Å². The Hall–Kier alpha value is -0.140. The van der Waals surface area contributed by atoms with Crippen LogP contribution < -0.4 is 0 Å². The van der Waals surface area contributed by atoms with E-state index in [-0.39, 0.29) is 12.8 Å². The minimum absolute atomic E-state index is 0.0879. The van der Waals surface area contributed by atoms with Crippen LogP contribution in [0.4, 0.5) is 8.78 Å². The van der Waals surface area contributed by atoms with Crippen LogP contribution in [0, 0.1) is 0 Å². The van der Waals surface area contributed by atoms with E-state index in [1.165, 1.54) is 0 Å². The molecule has 0 aromatic carbocycles. The first-order valence-electron chi connectivity index (χ1n) is 5.50. The highest BCUT2D eigenvalue weighted by molar-refractivity contribution is 4.65. The van der Waals surface area contributed by atoms with Gasteiger partial charge in [-0.1, -0.05) is 39.5 Å². The average molecular weight is 192 g/mol. The van der Waals surface area contributed by atoms with Crippen molar-refractivity contribution in [3.8, 4) is 0 Å². The number of hydrogen-bond donors (Lipinski definition) is 0. The molecule has 0 saturated heterocycles. The molecule has 0 atom stereocenters. The number of hydrogen-bond acceptors (Lipinski definition) is 0. The smallest absolute Gasteiger partial charge is 0.207 e. The van der Waals surface area contributed by atoms with E-state index in [4.69, 9.17) is 0 Å². The molecule has 0 unspecified atom stereocenters. The third-order valence-corrected chi connectivity index (χ3v) is 2.29. The Morgan fingerprint density at radius 3 is 1.46 bits per heavy atom. The lowest BCUT2D eigenvalue weighted by Crippen LogP contribution is -2.15. The molecule has 0 aliphatic heterocycles. The SMILES string of the molecule is CCCCCC(F)(F)CCCCC. The summed E-state index contributed by atoms with van der Waals surface area (Å²) in [6.07, 6.45) is 5.43. The normalized spacial score (nSPS) is 12.0. The summed E-state index contributed by atoms with van der Waals surface area (Å²) < 4.78 is 26.1. The van der Waals surface area contributed by atoms with Crippen LogP contribution in [-0.2, 0) is 0 Å². The van der Waals surface area contributed by atoms with Crippen molar-refractivity contribution in [1.82, 2.24) is 0 Å². The van der Waals surface area contributed by atoms with Gasteiger partial charge in [-0.3, -0.25) is 0 Å². The molecule has 0 saturated carbocycles. The van der Waals surface area contributed by atoms with Crippen LogP contribution in [0.1, 0.15) is 65.2 Å². The maximum Gasteiger partial charge on any atom is 0.248 e. The molecule has 0 radical (unpaired) electrons. The maximum atomic E-state index is 13.1. The predicted molar refractivity (Wildman–Crippen MR) is 53.2 cm³/mol. The highest BCUT2D eigenvalue weighted by atomic mass is 19.3. The highest BCUT2D eigenvalue weighted by Gasteiger charge is 2.26. The molecule has 0 nitrogen and oxygen atoms in total. The Kier molecular flexibility index (Phi) is 7.20. The van der Waals surface area contributed by atoms with Gasteiger partial charge in [-0.05, 0) is 12.8 Å². The largest absolute Gasteiger partial charge is 0.248 e. The molecule has 2 heteroatoms. The maximum absolute atomic E-state index is 13.1. The van der Waals surface area contributed by atoms with E-state index >= 15 is 0 Å². The Morgan fingerprint density at radius 1 is 0.769 bits per heavy atom. The monoisotopic (exact) mass is 192 g/mol. The third kappa shape index (κ3) is 8.20. The van der Waals surface area contributed by atoms with Crippen LogP contribution in [0.2, 0.25) is 0 Å². The molecular formula is C11H22F2. The first-order chi connectivity index (χ1) is 6.12. The summed E-state index contributed by atoms with van der Waals surface area (Å²) in [5.41, 5.74) is 0. The molecule has 0 aliphatic rings. The number of halogens is 2. The molecule has 0 aromatic heterocycles. The molecule has 0 bridgehead atoms. The quantitative estimate of drug-likeness (QED) is 0.485. The van der Waals surface area contributed by atoms with Gasteiger partial charge in [-0.15, -0.1) is 0 Å². The van der Waals surface area contributed by atoms with E-state index in [1.807, 2.05) is 13.8 Å². The summed E-state index contributed by atoms with van der Waals surface area (Å²) in [5, 5.41) is 0. The Bertz CT molecular complexity index is 98.7. The van der Waals surface area contributed by atoms with E-state index in [2.05, 4.69) is 0 Å². The van der Waals surface area contributed by atoms with E-state index in [0.717, 1.165) is 25.7 Å². The molecule has 0 aromatic rings. The Labute approximate surface area is 80.7 Å². The van der Waals surface area contributed by atoms with E-state index < -0.39 is 5.92 Å². The minimum Gasteiger partial charge on any atom is -0.207 e. The molecule has 0 amide bonds. The van der Waals surface area contributed by atoms with Crippen molar-refractivity contribution < 1.29 is 8.78 Å². The molecular weight excluding hydrogens is 170 g/mol. The van der Waals surface area contributed by atoms with Gasteiger partial charge >= 0.3 is 0 Å². The van der Waals surface area contributed by atoms with Gasteiger partial charge in [0, 0.05) is 12.8 Å². The van der Waals surface area contributed by atoms with Crippen LogP contribution in [-0.4, -0.2) is 5.92 Å². The molecule has 0 N–H and O–H groups in total. The summed E-state index contributed by atoms with van der Waals surface area (Å²) in [5.74, 6) is -2.40. The van der Waals surface area contributed by atoms with Crippen LogP contribution in [0.15, 0.2) is 0 Å². The second-order valence-electron chi connectivity index (χ2n) is 3.77. The van der Waals surface area contributed by atoms with Crippen molar-refractivity contribution in [3.05, 3.63) is 0 Å². The number of rotatable bonds is 8. The fraction of sp³-hybridized carbons (Fsp3) is 1.00. The topological polar surface area (TPSA) is 0 Å². The summed E-state index contributed by atoms with van der Waals surface area (Å²) in [7, 11) is 0. The molecule has 13 heavy (non-hydrogen) atoms. The molecule has 0 rings (SSSR count). The standard InChI is InChI=1S/C11H22F2/c1-3-5-7-9-11(12,13)10-8-6-4-2/h3-10H2,1-2H3. The Balaban J connectivity index is 3.42. The van der Waals surface area contributed by atoms with Crippen molar-refractivity contribution in [3.63, 3.8) is 0 Å². The van der Waals surface area contributed by atoms with Gasteiger partial charge in [0.15, 0.2) is 0 Å². The lowest BCUT2D eigenvalue weighted by molar-refractivity contribution is -0.0204. The van der Waals surface area contributed by atoms with Gasteiger partial charge in [0.05, 0.1) is 0 Å². The van der Waals surface area contributed by atoms with Crippen LogP contribution in [0.5, 0.6) is 0 Å². The first-order valence-corrected chi connectivity index (χ1v) is 5.50. The van der Waals surface area contributed by atoms with E-state index in [9.17, 15) is 8.78 Å². The second kappa shape index (κ2) is 7.28. The zero-order chi connectivity index (χ0) is 10.2. The lowest BCUT2D eigenvalue weighted by Gasteiger charge is -2.15. The summed E-state index contributed by atoms with van der Waals surface area (Å²) in [4.78, 5) is 0. The zero-order valence-electron chi connectivity index (χ0n) is 8.91. The van der Waals surface area contributed by atoms with Crippen molar-refractivity contribution in [1.29, 1.82) is 0 Å². The fourth-order valence-corrected chi connectivity index (χ4v) is 1.39. The molecule has 0 aliphatic carbocycles. The minimum atomic E-state index is -2.40. The lowest BCUT2D eigenvalue weighted by atomic mass is 10.0. The number of alkyl halides is 2. The second-order valence-corrected chi connectivity index (χ2v) is 3.77. The van der Waals surface area contributed by atoms with Gasteiger partial charge in [0.25, 0.3) is 0 Å². The molecule has 0 spiro atoms. The van der Waals surface area contributed by atoms with E-state index in [1.54, 1.807) is 0 Å². The summed E-state index contributed by atoms with van der Waals surface area (Å²) in [6.45, 7) is 4.07. The summed E-state index contributed by atoms with van der Waals surface area (Å²) >= 11 is 0. The predicted octanol–water partition coefficient (Wildman–Crippen LogP) is 4.78. The van der Waals surface area contributed by atoms with Gasteiger partial charge < -0.3 is 0 Å². The average Bonchev–Trinajstić information content (AvgIpc) is 2.05. The van der Waals surface area contributed by atoms with Crippen LogP contribution in [0.3, 0.4) is 0 Å². The highest BCUT2D eigenvalue weighted by Crippen LogP contribution is 2.27. The van der Waals surface area contributed by atoms with Crippen molar-refractivity contribution in [2.45, 2.75) is 71.1 Å². The first kappa shape index (κ1) is 12.9. The zero-order valence-corrected chi connectivity index (χ0v) is 8.91. The van der Waals surface area contributed by atoms with Gasteiger partial charge in [-0.2, -0.15) is 0 Å². The van der Waals surface area contributed by atoms with Crippen LogP contribution in [0.25, 0.3) is 0 Å². The van der Waals surface area contributed by atoms with Crippen LogP contribution >= 0.6 is 0 Å². The fourth-order valence-electron chi connectivity index (χ4n) is 1.39. The Morgan fingerprint density at radius 2 is 1.15 bits per heavy atom.